The topological polar surface area (TPSA) is 0 Å². The molecule has 36 heavy (non-hydrogen) atoms. The summed E-state index contributed by atoms with van der Waals surface area (Å²) in [5.41, 5.74) is 0. The van der Waals surface area contributed by atoms with Crippen molar-refractivity contribution in [1.29, 1.82) is 0 Å². The molecule has 0 bridgehead atoms. The van der Waals surface area contributed by atoms with Crippen LogP contribution in [0.15, 0.2) is 0 Å². The Labute approximate surface area is 219 Å². The third-order valence-electron chi connectivity index (χ3n) is 11.5. The average Bonchev–Trinajstić information content (AvgIpc) is 2.90. The highest BCUT2D eigenvalue weighted by Gasteiger charge is 2.45. The van der Waals surface area contributed by atoms with E-state index < -0.39 is 24.7 Å². The van der Waals surface area contributed by atoms with E-state index in [1.807, 2.05) is 0 Å². The van der Waals surface area contributed by atoms with Crippen molar-refractivity contribution in [1.82, 2.24) is 0 Å². The van der Waals surface area contributed by atoms with Gasteiger partial charge < -0.3 is 0 Å². The minimum atomic E-state index is -1.28. The van der Waals surface area contributed by atoms with Crippen LogP contribution >= 0.6 is 0 Å². The summed E-state index contributed by atoms with van der Waals surface area (Å²) in [6.07, 6.45) is 13.0. The highest BCUT2D eigenvalue weighted by atomic mass is 19.2. The molecule has 0 aliphatic heterocycles. The van der Waals surface area contributed by atoms with E-state index in [0.717, 1.165) is 102 Å². The maximum absolute atomic E-state index is 15.2. The zero-order valence-electron chi connectivity index (χ0n) is 23.2. The van der Waals surface area contributed by atoms with E-state index in [-0.39, 0.29) is 23.7 Å². The van der Waals surface area contributed by atoms with Gasteiger partial charge in [0.05, 0.1) is 0 Å². The third-order valence-corrected chi connectivity index (χ3v) is 11.5. The van der Waals surface area contributed by atoms with Crippen LogP contribution in [0.3, 0.4) is 0 Å². The first-order chi connectivity index (χ1) is 17.4. The molecule has 0 amide bonds. The molecular formula is C32H54F4. The molecule has 7 unspecified atom stereocenters. The Bertz CT molecular complexity index is 624. The van der Waals surface area contributed by atoms with Gasteiger partial charge in [0, 0.05) is 0 Å². The summed E-state index contributed by atoms with van der Waals surface area (Å²) in [6.45, 7) is 4.30. The second kappa shape index (κ2) is 13.7. The van der Waals surface area contributed by atoms with Gasteiger partial charge in [0.1, 0.15) is 24.7 Å². The van der Waals surface area contributed by atoms with Crippen LogP contribution < -0.4 is 0 Å². The third kappa shape index (κ3) is 6.83. The lowest BCUT2D eigenvalue weighted by Gasteiger charge is -2.42. The van der Waals surface area contributed by atoms with Gasteiger partial charge in [0.15, 0.2) is 0 Å². The second-order valence-electron chi connectivity index (χ2n) is 13.5. The normalized spacial score (nSPS) is 46.5. The molecule has 0 heterocycles. The van der Waals surface area contributed by atoms with Gasteiger partial charge in [-0.25, -0.2) is 17.6 Å². The molecule has 0 radical (unpaired) electrons. The molecule has 4 rings (SSSR count). The molecule has 4 aliphatic rings. The first-order valence-electron chi connectivity index (χ1n) is 16.0. The molecule has 4 aliphatic carbocycles. The Balaban J connectivity index is 1.14. The molecule has 0 nitrogen and oxygen atoms in total. The van der Waals surface area contributed by atoms with Gasteiger partial charge in [-0.1, -0.05) is 65.2 Å². The van der Waals surface area contributed by atoms with Gasteiger partial charge in [-0.3, -0.25) is 0 Å². The summed E-state index contributed by atoms with van der Waals surface area (Å²) < 4.78 is 59.8. The Morgan fingerprint density at radius 2 is 0.944 bits per heavy atom. The zero-order valence-corrected chi connectivity index (χ0v) is 23.2. The van der Waals surface area contributed by atoms with E-state index >= 15 is 8.78 Å². The van der Waals surface area contributed by atoms with Crippen molar-refractivity contribution in [3.05, 3.63) is 0 Å². The minimum absolute atomic E-state index is 0.0513. The van der Waals surface area contributed by atoms with E-state index in [1.54, 1.807) is 0 Å². The van der Waals surface area contributed by atoms with E-state index in [9.17, 15) is 8.78 Å². The van der Waals surface area contributed by atoms with Crippen LogP contribution in [0.25, 0.3) is 0 Å². The van der Waals surface area contributed by atoms with Crippen molar-refractivity contribution in [2.75, 3.05) is 0 Å². The van der Waals surface area contributed by atoms with Crippen molar-refractivity contribution in [2.45, 2.75) is 154 Å². The lowest BCUT2D eigenvalue weighted by atomic mass is 9.66. The fourth-order valence-corrected chi connectivity index (χ4v) is 9.01. The average molecular weight is 515 g/mol. The summed E-state index contributed by atoms with van der Waals surface area (Å²) in [5, 5.41) is 0. The highest BCUT2D eigenvalue weighted by molar-refractivity contribution is 4.94. The summed E-state index contributed by atoms with van der Waals surface area (Å²) in [7, 11) is 0. The Morgan fingerprint density at radius 3 is 1.42 bits per heavy atom. The van der Waals surface area contributed by atoms with Gasteiger partial charge in [-0.15, -0.1) is 0 Å². The van der Waals surface area contributed by atoms with Crippen LogP contribution in [0.2, 0.25) is 0 Å². The van der Waals surface area contributed by atoms with E-state index in [4.69, 9.17) is 0 Å². The Hall–Kier alpha value is -0.280. The molecule has 4 heteroatoms. The molecule has 0 saturated heterocycles. The number of halogens is 4. The first-order valence-corrected chi connectivity index (χ1v) is 16.0. The molecule has 210 valence electrons. The zero-order chi connectivity index (χ0) is 25.7. The number of alkyl halides is 4. The summed E-state index contributed by atoms with van der Waals surface area (Å²) in [4.78, 5) is 0. The summed E-state index contributed by atoms with van der Waals surface area (Å²) >= 11 is 0. The van der Waals surface area contributed by atoms with Crippen molar-refractivity contribution < 1.29 is 17.6 Å². The van der Waals surface area contributed by atoms with Crippen LogP contribution in [0, 0.1) is 47.3 Å². The molecule has 0 spiro atoms. The smallest absolute Gasteiger partial charge is 0.134 e. The summed E-state index contributed by atoms with van der Waals surface area (Å²) in [6, 6.07) is 0. The van der Waals surface area contributed by atoms with E-state index in [1.165, 1.54) is 19.3 Å². The van der Waals surface area contributed by atoms with Crippen LogP contribution in [-0.4, -0.2) is 24.7 Å². The minimum Gasteiger partial charge on any atom is -0.244 e. The van der Waals surface area contributed by atoms with Crippen molar-refractivity contribution >= 4 is 0 Å². The van der Waals surface area contributed by atoms with Crippen molar-refractivity contribution in [2.24, 2.45) is 47.3 Å². The molecule has 0 aromatic carbocycles. The quantitative estimate of drug-likeness (QED) is 0.268. The second-order valence-corrected chi connectivity index (χ2v) is 13.5. The lowest BCUT2D eigenvalue weighted by molar-refractivity contribution is -0.0171. The summed E-state index contributed by atoms with van der Waals surface area (Å²) in [5.74, 6) is 1.84. The van der Waals surface area contributed by atoms with Gasteiger partial charge in [0.2, 0.25) is 0 Å². The molecule has 0 aromatic rings. The number of rotatable bonds is 9. The molecular weight excluding hydrogens is 460 g/mol. The monoisotopic (exact) mass is 514 g/mol. The largest absolute Gasteiger partial charge is 0.244 e. The van der Waals surface area contributed by atoms with Crippen LogP contribution in [0.5, 0.6) is 0 Å². The molecule has 0 N–H and O–H groups in total. The standard InChI is InChI=1S/C32H54F4/c1-3-6-25-17-19-27(31(35)29(25)33)24-15-11-22(12-16-24)7-5-8-26-18-20-28(32(36)30(26)34)23-13-9-21(4-2)10-14-23/h21-32H,3-20H2,1-2H3/t21?,22?,23?,24?,25?,26?,27?,28?,29?,30?,31-,32?/m1/s1. The predicted octanol–water partition coefficient (Wildman–Crippen LogP) is 10.4. The Kier molecular flexibility index (Phi) is 10.9. The fourth-order valence-electron chi connectivity index (χ4n) is 9.01. The van der Waals surface area contributed by atoms with Crippen molar-refractivity contribution in [3.8, 4) is 0 Å². The molecule has 4 saturated carbocycles. The van der Waals surface area contributed by atoms with Gasteiger partial charge in [-0.2, -0.15) is 0 Å². The van der Waals surface area contributed by atoms with E-state index in [2.05, 4.69) is 13.8 Å². The molecule has 4 fully saturated rings. The van der Waals surface area contributed by atoms with Gasteiger partial charge in [0.25, 0.3) is 0 Å². The fraction of sp³-hybridized carbons (Fsp3) is 1.00. The maximum atomic E-state index is 15.2. The van der Waals surface area contributed by atoms with E-state index in [0.29, 0.717) is 17.8 Å². The van der Waals surface area contributed by atoms with Crippen molar-refractivity contribution in [3.63, 3.8) is 0 Å². The number of hydrogen-bond donors (Lipinski definition) is 0. The lowest BCUT2D eigenvalue weighted by Crippen LogP contribution is -2.42. The van der Waals surface area contributed by atoms with Gasteiger partial charge in [-0.05, 0) is 112 Å². The Morgan fingerprint density at radius 1 is 0.472 bits per heavy atom. The van der Waals surface area contributed by atoms with Crippen LogP contribution in [0.1, 0.15) is 129 Å². The maximum Gasteiger partial charge on any atom is 0.134 e. The molecule has 8 atom stereocenters. The van der Waals surface area contributed by atoms with Gasteiger partial charge >= 0.3 is 0 Å². The van der Waals surface area contributed by atoms with Crippen LogP contribution in [0.4, 0.5) is 17.6 Å². The van der Waals surface area contributed by atoms with Crippen LogP contribution in [-0.2, 0) is 0 Å². The predicted molar refractivity (Wildman–Crippen MR) is 142 cm³/mol. The SMILES string of the molecule is CCCC1CCC(C2CCC(CCCC3CCC(C4CCC(CC)CC4)C(F)C3F)CC2)[C@@H](F)C1F. The number of hydrogen-bond acceptors (Lipinski definition) is 0. The molecule has 0 aromatic heterocycles. The first kappa shape index (κ1) is 28.7. The highest BCUT2D eigenvalue weighted by Crippen LogP contribution is 2.47.